The lowest BCUT2D eigenvalue weighted by Gasteiger charge is -2.16. The minimum atomic E-state index is -0.0883. The molecule has 0 saturated heterocycles. The first-order valence-electron chi connectivity index (χ1n) is 6.11. The Hall–Kier alpha value is -1.50. The highest BCUT2D eigenvalue weighted by Gasteiger charge is 2.42. The van der Waals surface area contributed by atoms with Crippen LogP contribution in [0.3, 0.4) is 0 Å². The van der Waals surface area contributed by atoms with Gasteiger partial charge in [0, 0.05) is 40.2 Å². The van der Waals surface area contributed by atoms with Crippen molar-refractivity contribution in [3.05, 3.63) is 0 Å². The highest BCUT2D eigenvalue weighted by atomic mass is 16.4. The average molecular weight is 257 g/mol. The van der Waals surface area contributed by atoms with Crippen molar-refractivity contribution in [2.75, 3.05) is 33.7 Å². The van der Waals surface area contributed by atoms with Crippen molar-refractivity contribution >= 4 is 11.9 Å². The summed E-state index contributed by atoms with van der Waals surface area (Å²) < 4.78 is 0. The molecule has 1 fully saturated rings. The van der Waals surface area contributed by atoms with Crippen LogP contribution in [0.1, 0.15) is 19.3 Å². The number of rotatable bonds is 7. The molecule has 7 nitrogen and oxygen atoms in total. The van der Waals surface area contributed by atoms with Crippen molar-refractivity contribution in [2.45, 2.75) is 19.3 Å². The maximum absolute atomic E-state index is 11.2. The molecular formula is C11H23N5O2. The molecular weight excluding hydrogens is 234 g/mol. The van der Waals surface area contributed by atoms with Crippen molar-refractivity contribution in [2.24, 2.45) is 16.3 Å². The van der Waals surface area contributed by atoms with E-state index in [-0.39, 0.29) is 17.3 Å². The molecule has 1 rings (SSSR count). The molecule has 18 heavy (non-hydrogen) atoms. The van der Waals surface area contributed by atoms with Crippen LogP contribution in [0.2, 0.25) is 0 Å². The Bertz CT molecular complexity index is 313. The van der Waals surface area contributed by atoms with E-state index in [1.807, 2.05) is 0 Å². The minimum absolute atomic E-state index is 0.0883. The number of urea groups is 1. The first kappa shape index (κ1) is 14.6. The molecule has 0 spiro atoms. The number of hydrogen-bond donors (Lipinski definition) is 4. The molecule has 0 aromatic heterocycles. The standard InChI is InChI=1S/C11H23N5O2/c1-16(2)10(17)14-6-5-13-8-11(3-4-11)7-9(12)15-18/h13,18H,3-8H2,1-2H3,(H2,12,15)(H,14,17). The SMILES string of the molecule is CN(C)C(=O)NCCNCC1(CC(N)=NO)CC1. The average Bonchev–Trinajstić information content (AvgIpc) is 3.08. The van der Waals surface area contributed by atoms with Gasteiger partial charge in [0.15, 0.2) is 0 Å². The van der Waals surface area contributed by atoms with Crippen LogP contribution in [-0.2, 0) is 0 Å². The fraction of sp³-hybridized carbons (Fsp3) is 0.818. The Morgan fingerprint density at radius 2 is 2.11 bits per heavy atom. The first-order valence-corrected chi connectivity index (χ1v) is 6.11. The molecule has 2 amide bonds. The second kappa shape index (κ2) is 6.44. The van der Waals surface area contributed by atoms with Gasteiger partial charge in [-0.05, 0) is 18.3 Å². The Morgan fingerprint density at radius 3 is 2.61 bits per heavy atom. The number of amidine groups is 1. The van der Waals surface area contributed by atoms with Crippen molar-refractivity contribution in [3.8, 4) is 0 Å². The summed E-state index contributed by atoms with van der Waals surface area (Å²) in [4.78, 5) is 12.7. The zero-order valence-electron chi connectivity index (χ0n) is 11.1. The molecule has 0 atom stereocenters. The predicted octanol–water partition coefficient (Wildman–Crippen LogP) is -0.236. The van der Waals surface area contributed by atoms with Crippen LogP contribution in [0.25, 0.3) is 0 Å². The summed E-state index contributed by atoms with van der Waals surface area (Å²) >= 11 is 0. The van der Waals surface area contributed by atoms with Gasteiger partial charge < -0.3 is 26.5 Å². The van der Waals surface area contributed by atoms with Crippen LogP contribution in [0, 0.1) is 5.41 Å². The van der Waals surface area contributed by atoms with Gasteiger partial charge in [-0.15, -0.1) is 0 Å². The largest absolute Gasteiger partial charge is 0.409 e. The van der Waals surface area contributed by atoms with Gasteiger partial charge in [0.2, 0.25) is 0 Å². The smallest absolute Gasteiger partial charge is 0.316 e. The zero-order valence-corrected chi connectivity index (χ0v) is 11.1. The molecule has 0 aliphatic heterocycles. The fourth-order valence-corrected chi connectivity index (χ4v) is 1.78. The summed E-state index contributed by atoms with van der Waals surface area (Å²) in [6.45, 7) is 2.15. The Kier molecular flexibility index (Phi) is 5.21. The first-order chi connectivity index (χ1) is 8.49. The number of nitrogens with zero attached hydrogens (tertiary/aromatic N) is 2. The third kappa shape index (κ3) is 4.79. The number of nitrogens with two attached hydrogens (primary N) is 1. The lowest BCUT2D eigenvalue weighted by atomic mass is 10.0. The molecule has 0 aromatic carbocycles. The number of carbonyl (C=O) groups excluding carboxylic acids is 1. The van der Waals surface area contributed by atoms with Gasteiger partial charge in [-0.2, -0.15) is 0 Å². The molecule has 0 radical (unpaired) electrons. The van der Waals surface area contributed by atoms with E-state index in [2.05, 4.69) is 15.8 Å². The summed E-state index contributed by atoms with van der Waals surface area (Å²) in [6, 6.07) is -0.0883. The van der Waals surface area contributed by atoms with Gasteiger partial charge in [-0.1, -0.05) is 5.16 Å². The molecule has 104 valence electrons. The molecule has 1 saturated carbocycles. The predicted molar refractivity (Wildman–Crippen MR) is 69.6 cm³/mol. The summed E-state index contributed by atoms with van der Waals surface area (Å²) in [6.07, 6.45) is 2.82. The third-order valence-electron chi connectivity index (χ3n) is 3.13. The molecule has 1 aliphatic rings. The number of amides is 2. The summed E-state index contributed by atoms with van der Waals surface area (Å²) in [5.74, 6) is 0.287. The van der Waals surface area contributed by atoms with E-state index in [0.29, 0.717) is 13.0 Å². The second-order valence-electron chi connectivity index (χ2n) is 5.07. The van der Waals surface area contributed by atoms with E-state index in [4.69, 9.17) is 10.9 Å². The molecule has 0 heterocycles. The van der Waals surface area contributed by atoms with Gasteiger partial charge in [0.1, 0.15) is 5.84 Å². The highest BCUT2D eigenvalue weighted by molar-refractivity contribution is 5.80. The van der Waals surface area contributed by atoms with Gasteiger partial charge in [0.25, 0.3) is 0 Å². The number of oxime groups is 1. The van der Waals surface area contributed by atoms with Crippen molar-refractivity contribution in [3.63, 3.8) is 0 Å². The molecule has 0 bridgehead atoms. The van der Waals surface area contributed by atoms with Gasteiger partial charge in [-0.3, -0.25) is 0 Å². The number of carbonyl (C=O) groups is 1. The summed E-state index contributed by atoms with van der Waals surface area (Å²) in [5, 5.41) is 17.6. The maximum atomic E-state index is 11.2. The molecule has 0 unspecified atom stereocenters. The Labute approximate surface area is 107 Å². The lowest BCUT2D eigenvalue weighted by molar-refractivity contribution is 0.217. The van der Waals surface area contributed by atoms with Crippen molar-refractivity contribution in [1.29, 1.82) is 0 Å². The highest BCUT2D eigenvalue weighted by Crippen LogP contribution is 2.48. The minimum Gasteiger partial charge on any atom is -0.409 e. The number of nitrogens with one attached hydrogen (secondary N) is 2. The zero-order chi connectivity index (χ0) is 13.6. The lowest BCUT2D eigenvalue weighted by Crippen LogP contribution is -2.39. The van der Waals surface area contributed by atoms with Gasteiger partial charge in [0.05, 0.1) is 0 Å². The van der Waals surface area contributed by atoms with E-state index in [0.717, 1.165) is 25.9 Å². The molecule has 0 aromatic rings. The van der Waals surface area contributed by atoms with Crippen molar-refractivity contribution in [1.82, 2.24) is 15.5 Å². The van der Waals surface area contributed by atoms with Gasteiger partial charge >= 0.3 is 6.03 Å². The van der Waals surface area contributed by atoms with E-state index >= 15 is 0 Å². The van der Waals surface area contributed by atoms with E-state index in [1.165, 1.54) is 4.90 Å². The topological polar surface area (TPSA) is 103 Å². The maximum Gasteiger partial charge on any atom is 0.316 e. The molecule has 1 aliphatic carbocycles. The van der Waals surface area contributed by atoms with Gasteiger partial charge in [-0.25, -0.2) is 4.79 Å². The van der Waals surface area contributed by atoms with Crippen LogP contribution < -0.4 is 16.4 Å². The Morgan fingerprint density at radius 1 is 1.44 bits per heavy atom. The van der Waals surface area contributed by atoms with E-state index < -0.39 is 0 Å². The monoisotopic (exact) mass is 257 g/mol. The van der Waals surface area contributed by atoms with Crippen LogP contribution in [0.5, 0.6) is 0 Å². The molecule has 5 N–H and O–H groups in total. The molecule has 7 heteroatoms. The Balaban J connectivity index is 2.10. The third-order valence-corrected chi connectivity index (χ3v) is 3.13. The summed E-state index contributed by atoms with van der Waals surface area (Å²) in [7, 11) is 3.41. The fourth-order valence-electron chi connectivity index (χ4n) is 1.78. The van der Waals surface area contributed by atoms with E-state index in [1.54, 1.807) is 14.1 Å². The van der Waals surface area contributed by atoms with Crippen LogP contribution in [-0.4, -0.2) is 55.7 Å². The summed E-state index contributed by atoms with van der Waals surface area (Å²) in [5.41, 5.74) is 5.67. The number of hydrogen-bond acceptors (Lipinski definition) is 4. The normalized spacial score (nSPS) is 17.3. The van der Waals surface area contributed by atoms with E-state index in [9.17, 15) is 4.79 Å². The van der Waals surface area contributed by atoms with Crippen LogP contribution in [0.15, 0.2) is 5.16 Å². The van der Waals surface area contributed by atoms with Crippen LogP contribution >= 0.6 is 0 Å². The van der Waals surface area contributed by atoms with Crippen LogP contribution in [0.4, 0.5) is 4.79 Å². The quantitative estimate of drug-likeness (QED) is 0.166. The second-order valence-corrected chi connectivity index (χ2v) is 5.07. The van der Waals surface area contributed by atoms with Crippen molar-refractivity contribution < 1.29 is 10.0 Å².